The molecule has 0 N–H and O–H groups in total. The zero-order chi connectivity index (χ0) is 17.3. The van der Waals surface area contributed by atoms with Crippen LogP contribution in [0.1, 0.15) is 16.1 Å². The Morgan fingerprint density at radius 2 is 1.83 bits per heavy atom. The molecule has 1 saturated heterocycles. The summed E-state index contributed by atoms with van der Waals surface area (Å²) in [5.74, 6) is -0.281. The number of hydrogen-bond acceptors (Lipinski definition) is 3. The van der Waals surface area contributed by atoms with Crippen LogP contribution in [0.15, 0.2) is 42.5 Å². The van der Waals surface area contributed by atoms with Crippen LogP contribution in [0.2, 0.25) is 5.02 Å². The van der Waals surface area contributed by atoms with Crippen LogP contribution in [0.4, 0.5) is 13.2 Å². The van der Waals surface area contributed by atoms with Crippen LogP contribution < -0.4 is 4.74 Å². The Morgan fingerprint density at radius 3 is 2.46 bits per heavy atom. The number of likely N-dealkylation sites (tertiary alicyclic amines) is 1. The van der Waals surface area contributed by atoms with Crippen molar-refractivity contribution in [3.05, 3.63) is 58.7 Å². The first-order chi connectivity index (χ1) is 11.3. The number of aromatic nitrogens is 1. The van der Waals surface area contributed by atoms with Crippen molar-refractivity contribution in [2.24, 2.45) is 0 Å². The number of amides is 1. The fourth-order valence-corrected chi connectivity index (χ4v) is 2.39. The Hall–Kier alpha value is -2.28. The number of rotatable bonds is 3. The first kappa shape index (κ1) is 16.6. The largest absolute Gasteiger partial charge is 0.471 e. The van der Waals surface area contributed by atoms with Crippen LogP contribution in [-0.2, 0) is 6.18 Å². The normalized spacial score (nSPS) is 15.1. The van der Waals surface area contributed by atoms with Crippen molar-refractivity contribution in [1.29, 1.82) is 0 Å². The van der Waals surface area contributed by atoms with E-state index in [4.69, 9.17) is 16.3 Å². The third kappa shape index (κ3) is 3.62. The minimum absolute atomic E-state index is 0.103. The van der Waals surface area contributed by atoms with Crippen LogP contribution in [0.3, 0.4) is 0 Å². The van der Waals surface area contributed by atoms with Gasteiger partial charge in [0.1, 0.15) is 11.8 Å². The van der Waals surface area contributed by atoms with Gasteiger partial charge in [0.05, 0.1) is 13.1 Å². The number of benzene rings is 1. The molecule has 8 heteroatoms. The van der Waals surface area contributed by atoms with E-state index in [0.29, 0.717) is 23.7 Å². The van der Waals surface area contributed by atoms with E-state index in [1.807, 2.05) is 0 Å². The van der Waals surface area contributed by atoms with Crippen LogP contribution in [0, 0.1) is 0 Å². The first-order valence-corrected chi connectivity index (χ1v) is 7.46. The van der Waals surface area contributed by atoms with Gasteiger partial charge in [-0.1, -0.05) is 17.7 Å². The molecular weight excluding hydrogens is 345 g/mol. The van der Waals surface area contributed by atoms with Gasteiger partial charge < -0.3 is 9.64 Å². The van der Waals surface area contributed by atoms with Crippen molar-refractivity contribution < 1.29 is 22.7 Å². The molecule has 1 aromatic carbocycles. The average molecular weight is 357 g/mol. The number of pyridine rings is 1. The van der Waals surface area contributed by atoms with Gasteiger partial charge in [0.2, 0.25) is 5.88 Å². The molecule has 1 amide bonds. The average Bonchev–Trinajstić information content (AvgIpc) is 2.50. The molecular formula is C16H12ClF3N2O2. The van der Waals surface area contributed by atoms with E-state index >= 15 is 0 Å². The number of ether oxygens (including phenoxy) is 1. The number of nitrogens with zero attached hydrogens (tertiary/aromatic N) is 2. The maximum absolute atomic E-state index is 12.6. The second-order valence-corrected chi connectivity index (χ2v) is 5.75. The minimum atomic E-state index is -4.52. The van der Waals surface area contributed by atoms with Gasteiger partial charge in [0.15, 0.2) is 0 Å². The molecule has 4 nitrogen and oxygen atoms in total. The summed E-state index contributed by atoms with van der Waals surface area (Å²) in [7, 11) is 0. The molecule has 0 spiro atoms. The maximum Gasteiger partial charge on any atom is 0.433 e. The van der Waals surface area contributed by atoms with E-state index in [1.165, 1.54) is 12.1 Å². The van der Waals surface area contributed by atoms with Crippen LogP contribution in [0.25, 0.3) is 0 Å². The molecule has 24 heavy (non-hydrogen) atoms. The summed E-state index contributed by atoms with van der Waals surface area (Å²) < 4.78 is 43.2. The quantitative estimate of drug-likeness (QED) is 0.843. The minimum Gasteiger partial charge on any atom is -0.471 e. The van der Waals surface area contributed by atoms with Crippen LogP contribution >= 0.6 is 11.6 Å². The van der Waals surface area contributed by atoms with Crippen molar-refractivity contribution in [2.45, 2.75) is 12.3 Å². The standard InChI is InChI=1S/C16H12ClF3N2O2/c17-11-6-4-10(5-7-11)15(23)22-8-12(9-22)24-14-3-1-2-13(21-14)16(18,19)20/h1-7,12H,8-9H2. The molecule has 0 atom stereocenters. The predicted octanol–water partition coefficient (Wildman–Crippen LogP) is 3.66. The number of hydrogen-bond donors (Lipinski definition) is 0. The maximum atomic E-state index is 12.6. The molecule has 0 saturated carbocycles. The lowest BCUT2D eigenvalue weighted by atomic mass is 10.1. The molecule has 3 rings (SSSR count). The monoisotopic (exact) mass is 356 g/mol. The van der Waals surface area contributed by atoms with Crippen molar-refractivity contribution in [3.8, 4) is 5.88 Å². The van der Waals surface area contributed by atoms with E-state index in [0.717, 1.165) is 6.07 Å². The van der Waals surface area contributed by atoms with Crippen LogP contribution in [-0.4, -0.2) is 35.0 Å². The molecule has 0 aliphatic carbocycles. The van der Waals surface area contributed by atoms with E-state index in [1.54, 1.807) is 29.2 Å². The molecule has 1 aliphatic heterocycles. The first-order valence-electron chi connectivity index (χ1n) is 7.09. The molecule has 0 radical (unpaired) electrons. The number of carbonyl (C=O) groups is 1. The molecule has 0 bridgehead atoms. The number of carbonyl (C=O) groups excluding carboxylic acids is 1. The SMILES string of the molecule is O=C(c1ccc(Cl)cc1)N1CC(Oc2cccc(C(F)(F)F)n2)C1. The topological polar surface area (TPSA) is 42.4 Å². The lowest BCUT2D eigenvalue weighted by Crippen LogP contribution is -2.56. The van der Waals surface area contributed by atoms with Crippen molar-refractivity contribution in [1.82, 2.24) is 9.88 Å². The van der Waals surface area contributed by atoms with Gasteiger partial charge in [-0.2, -0.15) is 13.2 Å². The highest BCUT2D eigenvalue weighted by molar-refractivity contribution is 6.30. The van der Waals surface area contributed by atoms with Gasteiger partial charge in [-0.3, -0.25) is 4.79 Å². The van der Waals surface area contributed by atoms with E-state index < -0.39 is 11.9 Å². The second kappa shape index (κ2) is 6.32. The number of alkyl halides is 3. The molecule has 126 valence electrons. The third-order valence-corrected chi connectivity index (χ3v) is 3.78. The van der Waals surface area contributed by atoms with Gasteiger partial charge in [-0.05, 0) is 30.3 Å². The Bertz CT molecular complexity index is 744. The molecule has 0 unspecified atom stereocenters. The summed E-state index contributed by atoms with van der Waals surface area (Å²) in [6.45, 7) is 0.582. The van der Waals surface area contributed by atoms with E-state index in [2.05, 4.69) is 4.98 Å². The summed E-state index contributed by atoms with van der Waals surface area (Å²) >= 11 is 5.77. The molecule has 1 aliphatic rings. The zero-order valence-electron chi connectivity index (χ0n) is 12.3. The van der Waals surface area contributed by atoms with Crippen LogP contribution in [0.5, 0.6) is 5.88 Å². The molecule has 1 fully saturated rings. The Kier molecular flexibility index (Phi) is 4.36. The Balaban J connectivity index is 1.57. The van der Waals surface area contributed by atoms with E-state index in [9.17, 15) is 18.0 Å². The lowest BCUT2D eigenvalue weighted by molar-refractivity contribution is -0.141. The summed E-state index contributed by atoms with van der Waals surface area (Å²) in [6, 6.07) is 9.95. The van der Waals surface area contributed by atoms with Gasteiger partial charge in [0, 0.05) is 16.7 Å². The van der Waals surface area contributed by atoms with Gasteiger partial charge in [0.25, 0.3) is 5.91 Å². The summed E-state index contributed by atoms with van der Waals surface area (Å²) in [4.78, 5) is 17.2. The zero-order valence-corrected chi connectivity index (χ0v) is 13.0. The Morgan fingerprint density at radius 1 is 1.17 bits per heavy atom. The molecule has 1 aromatic heterocycles. The summed E-state index contributed by atoms with van der Waals surface area (Å²) in [6.07, 6.45) is -4.90. The molecule has 2 aromatic rings. The third-order valence-electron chi connectivity index (χ3n) is 3.53. The van der Waals surface area contributed by atoms with Gasteiger partial charge >= 0.3 is 6.18 Å². The summed E-state index contributed by atoms with van der Waals surface area (Å²) in [5, 5.41) is 0.534. The van der Waals surface area contributed by atoms with Crippen molar-refractivity contribution >= 4 is 17.5 Å². The van der Waals surface area contributed by atoms with Crippen molar-refractivity contribution in [2.75, 3.05) is 13.1 Å². The second-order valence-electron chi connectivity index (χ2n) is 5.32. The lowest BCUT2D eigenvalue weighted by Gasteiger charge is -2.38. The highest BCUT2D eigenvalue weighted by atomic mass is 35.5. The van der Waals surface area contributed by atoms with E-state index in [-0.39, 0.29) is 17.9 Å². The summed E-state index contributed by atoms with van der Waals surface area (Å²) in [5.41, 5.74) is -0.511. The predicted molar refractivity (Wildman–Crippen MR) is 81.0 cm³/mol. The van der Waals surface area contributed by atoms with Crippen molar-refractivity contribution in [3.63, 3.8) is 0 Å². The van der Waals surface area contributed by atoms with Gasteiger partial charge in [-0.25, -0.2) is 4.98 Å². The fraction of sp³-hybridized carbons (Fsp3) is 0.250. The smallest absolute Gasteiger partial charge is 0.433 e. The Labute approximate surface area is 140 Å². The fourth-order valence-electron chi connectivity index (χ4n) is 2.26. The van der Waals surface area contributed by atoms with Gasteiger partial charge in [-0.15, -0.1) is 0 Å². The number of halogens is 4. The molecule has 2 heterocycles. The highest BCUT2D eigenvalue weighted by Crippen LogP contribution is 2.29. The highest BCUT2D eigenvalue weighted by Gasteiger charge is 2.35.